The summed E-state index contributed by atoms with van der Waals surface area (Å²) in [7, 11) is 0. The van der Waals surface area contributed by atoms with Gasteiger partial charge in [-0.2, -0.15) is 4.98 Å². The summed E-state index contributed by atoms with van der Waals surface area (Å²) in [4.78, 5) is 19.1. The zero-order valence-electron chi connectivity index (χ0n) is 16.0. The second kappa shape index (κ2) is 9.84. The minimum absolute atomic E-state index is 0.0969. The molecule has 9 heteroatoms. The lowest BCUT2D eigenvalue weighted by atomic mass is 10.1. The molecule has 2 heterocycles. The average molecular weight is 426 g/mol. The lowest BCUT2D eigenvalue weighted by molar-refractivity contribution is 0.0771. The lowest BCUT2D eigenvalue weighted by Gasteiger charge is -2.28. The van der Waals surface area contributed by atoms with E-state index in [-0.39, 0.29) is 18.0 Å². The summed E-state index contributed by atoms with van der Waals surface area (Å²) in [5, 5.41) is 3.38. The van der Waals surface area contributed by atoms with E-state index >= 15 is 0 Å². The number of amides is 1. The maximum atomic E-state index is 12.8. The molecular formula is C20H22ClF2N3O3. The molecule has 1 aliphatic rings. The van der Waals surface area contributed by atoms with Gasteiger partial charge in [-0.25, -0.2) is 8.78 Å². The number of benzene rings is 1. The Morgan fingerprint density at radius 2 is 2.00 bits per heavy atom. The molecule has 2 aromatic rings. The van der Waals surface area contributed by atoms with E-state index in [0.717, 1.165) is 5.56 Å². The molecule has 1 aromatic heterocycles. The molecule has 1 fully saturated rings. The van der Waals surface area contributed by atoms with Crippen molar-refractivity contribution < 1.29 is 23.0 Å². The number of morpholine rings is 1. The number of hydrogen-bond donors (Lipinski definition) is 1. The van der Waals surface area contributed by atoms with Crippen molar-refractivity contribution in [1.29, 1.82) is 0 Å². The van der Waals surface area contributed by atoms with Crippen molar-refractivity contribution in [1.82, 2.24) is 10.3 Å². The van der Waals surface area contributed by atoms with Crippen molar-refractivity contribution in [2.24, 2.45) is 0 Å². The van der Waals surface area contributed by atoms with Gasteiger partial charge in [0, 0.05) is 24.7 Å². The van der Waals surface area contributed by atoms with E-state index in [1.807, 2.05) is 4.90 Å². The van der Waals surface area contributed by atoms with Crippen LogP contribution in [-0.2, 0) is 11.3 Å². The summed E-state index contributed by atoms with van der Waals surface area (Å²) < 4.78 is 36.0. The number of nitrogens with zero attached hydrogens (tertiary/aromatic N) is 2. The van der Waals surface area contributed by atoms with E-state index < -0.39 is 18.9 Å². The zero-order chi connectivity index (χ0) is 20.8. The quantitative estimate of drug-likeness (QED) is 0.736. The van der Waals surface area contributed by atoms with Crippen molar-refractivity contribution in [2.75, 3.05) is 37.8 Å². The Balaban J connectivity index is 1.82. The second-order valence-corrected chi connectivity index (χ2v) is 7.02. The molecule has 0 spiro atoms. The number of ether oxygens (including phenoxy) is 2. The summed E-state index contributed by atoms with van der Waals surface area (Å²) in [5.74, 6) is 0.0347. The minimum atomic E-state index is -2.67. The third-order valence-corrected chi connectivity index (χ3v) is 4.70. The fourth-order valence-electron chi connectivity index (χ4n) is 2.98. The molecule has 0 unspecified atom stereocenters. The summed E-state index contributed by atoms with van der Waals surface area (Å²) >= 11 is 5.87. The fourth-order valence-corrected chi connectivity index (χ4v) is 3.10. The van der Waals surface area contributed by atoms with E-state index in [2.05, 4.69) is 10.3 Å². The highest BCUT2D eigenvalue weighted by Gasteiger charge is 2.22. The molecule has 6 nitrogen and oxygen atoms in total. The first-order valence-corrected chi connectivity index (χ1v) is 9.60. The number of halogens is 3. The Hall–Kier alpha value is -2.45. The van der Waals surface area contributed by atoms with Crippen molar-refractivity contribution in [3.8, 4) is 5.88 Å². The van der Waals surface area contributed by atoms with Gasteiger partial charge in [0.2, 0.25) is 5.88 Å². The lowest BCUT2D eigenvalue weighted by Crippen LogP contribution is -2.37. The molecule has 0 bridgehead atoms. The van der Waals surface area contributed by atoms with Gasteiger partial charge in [0.05, 0.1) is 13.2 Å². The third kappa shape index (κ3) is 5.77. The first-order chi connectivity index (χ1) is 13.9. The number of anilines is 1. The highest BCUT2D eigenvalue weighted by atomic mass is 35.5. The number of pyridine rings is 1. The Kier molecular flexibility index (Phi) is 7.22. The fraction of sp³-hybridized carbons (Fsp3) is 0.400. The van der Waals surface area contributed by atoms with Crippen molar-refractivity contribution in [2.45, 2.75) is 19.9 Å². The van der Waals surface area contributed by atoms with E-state index in [4.69, 9.17) is 21.1 Å². The van der Waals surface area contributed by atoms with Crippen LogP contribution in [-0.4, -0.2) is 50.2 Å². The van der Waals surface area contributed by atoms with Crippen LogP contribution in [0.5, 0.6) is 5.88 Å². The molecule has 1 amide bonds. The maximum Gasteiger partial charge on any atom is 0.272 e. The van der Waals surface area contributed by atoms with Crippen molar-refractivity contribution in [3.63, 3.8) is 0 Å². The molecule has 0 saturated carbocycles. The summed E-state index contributed by atoms with van der Waals surface area (Å²) in [6, 6.07) is 8.80. The van der Waals surface area contributed by atoms with E-state index in [9.17, 15) is 13.6 Å². The first-order valence-electron chi connectivity index (χ1n) is 9.22. The molecule has 1 N–H and O–H groups in total. The summed E-state index contributed by atoms with van der Waals surface area (Å²) in [6.45, 7) is 3.52. The number of alkyl halides is 2. The monoisotopic (exact) mass is 425 g/mol. The molecule has 0 atom stereocenters. The molecule has 3 rings (SSSR count). The topological polar surface area (TPSA) is 63.7 Å². The smallest absolute Gasteiger partial charge is 0.272 e. The number of hydrogen-bond acceptors (Lipinski definition) is 5. The van der Waals surface area contributed by atoms with Crippen molar-refractivity contribution >= 4 is 23.3 Å². The normalized spacial score (nSPS) is 14.2. The predicted molar refractivity (Wildman–Crippen MR) is 106 cm³/mol. The number of carbonyl (C=O) groups excluding carboxylic acids is 1. The molecule has 0 aliphatic carbocycles. The number of carbonyl (C=O) groups is 1. The minimum Gasteiger partial charge on any atom is -0.471 e. The predicted octanol–water partition coefficient (Wildman–Crippen LogP) is 3.45. The van der Waals surface area contributed by atoms with Crippen LogP contribution in [0.25, 0.3) is 0 Å². The highest BCUT2D eigenvalue weighted by molar-refractivity contribution is 6.30. The van der Waals surface area contributed by atoms with Crippen LogP contribution in [0.4, 0.5) is 14.6 Å². The SMILES string of the molecule is Cc1cc(N2CCOCC2)nc(OCC(F)F)c1C(=O)NCc1ccc(Cl)cc1. The summed E-state index contributed by atoms with van der Waals surface area (Å²) in [5.41, 5.74) is 1.60. The molecule has 0 radical (unpaired) electrons. The van der Waals surface area contributed by atoms with Gasteiger partial charge in [-0.1, -0.05) is 23.7 Å². The van der Waals surface area contributed by atoms with Gasteiger partial charge in [0.25, 0.3) is 12.3 Å². The van der Waals surface area contributed by atoms with E-state index in [0.29, 0.717) is 42.7 Å². The molecular weight excluding hydrogens is 404 g/mol. The van der Waals surface area contributed by atoms with Crippen LogP contribution in [0.1, 0.15) is 21.5 Å². The molecule has 1 aromatic carbocycles. The van der Waals surface area contributed by atoms with Gasteiger partial charge in [-0.3, -0.25) is 4.79 Å². The average Bonchev–Trinajstić information content (AvgIpc) is 2.72. The van der Waals surface area contributed by atoms with Crippen LogP contribution in [0, 0.1) is 6.92 Å². The Morgan fingerprint density at radius 1 is 1.31 bits per heavy atom. The Morgan fingerprint density at radius 3 is 2.66 bits per heavy atom. The zero-order valence-corrected chi connectivity index (χ0v) is 16.7. The largest absolute Gasteiger partial charge is 0.471 e. The second-order valence-electron chi connectivity index (χ2n) is 6.59. The third-order valence-electron chi connectivity index (χ3n) is 4.44. The van der Waals surface area contributed by atoms with Gasteiger partial charge in [-0.15, -0.1) is 0 Å². The molecule has 156 valence electrons. The van der Waals surface area contributed by atoms with Crippen LogP contribution in [0.3, 0.4) is 0 Å². The number of rotatable bonds is 7. The Bertz CT molecular complexity index is 844. The van der Waals surface area contributed by atoms with Gasteiger partial charge < -0.3 is 19.7 Å². The summed E-state index contributed by atoms with van der Waals surface area (Å²) in [6.07, 6.45) is -2.67. The molecule has 1 aliphatic heterocycles. The van der Waals surface area contributed by atoms with Gasteiger partial charge in [-0.05, 0) is 36.2 Å². The van der Waals surface area contributed by atoms with Gasteiger partial charge in [0.1, 0.15) is 11.4 Å². The van der Waals surface area contributed by atoms with Gasteiger partial charge >= 0.3 is 0 Å². The van der Waals surface area contributed by atoms with Crippen LogP contribution < -0.4 is 15.0 Å². The number of aromatic nitrogens is 1. The maximum absolute atomic E-state index is 12.8. The standard InChI is InChI=1S/C20H22ClF2N3O3/c1-13-10-17(26-6-8-28-9-7-26)25-20(29-12-16(22)23)18(13)19(27)24-11-14-2-4-15(21)5-3-14/h2-5,10,16H,6-9,11-12H2,1H3,(H,24,27). The molecule has 29 heavy (non-hydrogen) atoms. The Labute approximate surface area is 172 Å². The first kappa shape index (κ1) is 21.3. The number of aryl methyl sites for hydroxylation is 1. The van der Waals surface area contributed by atoms with Crippen molar-refractivity contribution in [3.05, 3.63) is 52.0 Å². The highest BCUT2D eigenvalue weighted by Crippen LogP contribution is 2.26. The van der Waals surface area contributed by atoms with Crippen LogP contribution >= 0.6 is 11.6 Å². The van der Waals surface area contributed by atoms with Crippen LogP contribution in [0.15, 0.2) is 30.3 Å². The van der Waals surface area contributed by atoms with Gasteiger partial charge in [0.15, 0.2) is 6.61 Å². The van der Waals surface area contributed by atoms with Crippen LogP contribution in [0.2, 0.25) is 5.02 Å². The van der Waals surface area contributed by atoms with E-state index in [1.54, 1.807) is 37.3 Å². The van der Waals surface area contributed by atoms with E-state index in [1.165, 1.54) is 0 Å². The molecule has 1 saturated heterocycles. The number of nitrogens with one attached hydrogen (secondary N) is 1.